The summed E-state index contributed by atoms with van der Waals surface area (Å²) in [6.45, 7) is 0.214. The molecule has 10 heteroatoms. The maximum atomic E-state index is 13.1. The Bertz CT molecular complexity index is 1440. The number of hydrogen-bond acceptors (Lipinski definition) is 3. The van der Waals surface area contributed by atoms with Crippen molar-refractivity contribution in [1.82, 2.24) is 19.5 Å². The molecule has 0 atom stereocenters. The molecule has 5 rings (SSSR count). The summed E-state index contributed by atoms with van der Waals surface area (Å²) in [7, 11) is 0. The molecule has 2 aromatic carbocycles. The number of nitrogens with zero attached hydrogens (tertiary/aromatic N) is 3. The van der Waals surface area contributed by atoms with Crippen LogP contribution in [-0.2, 0) is 18.3 Å². The molecular weight excluding hydrogens is 447 g/mol. The highest BCUT2D eigenvalue weighted by Crippen LogP contribution is 2.46. The number of benzene rings is 2. The van der Waals surface area contributed by atoms with E-state index in [-0.39, 0.29) is 12.2 Å². The smallest absolute Gasteiger partial charge is 0.328 e. The first-order valence-corrected chi connectivity index (χ1v) is 10.6. The normalized spacial score (nSPS) is 14.7. The van der Waals surface area contributed by atoms with Gasteiger partial charge in [0.1, 0.15) is 0 Å². The lowest BCUT2D eigenvalue weighted by Gasteiger charge is -2.20. The van der Waals surface area contributed by atoms with Crippen molar-refractivity contribution in [3.05, 3.63) is 100 Å². The van der Waals surface area contributed by atoms with Gasteiger partial charge in [-0.1, -0.05) is 30.3 Å². The number of rotatable bonds is 5. The number of carbonyl (C=O) groups excluding carboxylic acids is 1. The molecule has 1 fully saturated rings. The van der Waals surface area contributed by atoms with E-state index in [1.165, 1.54) is 15.1 Å². The number of amides is 2. The average Bonchev–Trinajstić information content (AvgIpc) is 3.52. The zero-order valence-electron chi connectivity index (χ0n) is 17.8. The average molecular weight is 467 g/mol. The first-order valence-electron chi connectivity index (χ1n) is 10.6. The number of fused-ring (bicyclic) bond motifs is 1. The standard InChI is InChI=1S/C24H20F3N5O2/c25-24(26,27)18-7-4-6-17(14-18)23(10-11-23)29-21(33)28-19-8-3-5-16(13-19)15-32-22(34)31-12-2-1-9-20(31)30-32/h1-9,12-14H,10-11,15H2,(H2,28,29,33). The fourth-order valence-electron chi connectivity index (χ4n) is 3.98. The first-order chi connectivity index (χ1) is 16.2. The van der Waals surface area contributed by atoms with Crippen LogP contribution in [0.1, 0.15) is 29.5 Å². The molecular formula is C24H20F3N5O2. The van der Waals surface area contributed by atoms with Crippen LogP contribution in [0.2, 0.25) is 0 Å². The topological polar surface area (TPSA) is 80.4 Å². The van der Waals surface area contributed by atoms with Crippen LogP contribution in [0.15, 0.2) is 77.7 Å². The number of pyridine rings is 1. The Morgan fingerprint density at radius 3 is 2.56 bits per heavy atom. The number of urea groups is 1. The summed E-state index contributed by atoms with van der Waals surface area (Å²) in [6.07, 6.45) is -1.70. The van der Waals surface area contributed by atoms with Crippen LogP contribution in [0.5, 0.6) is 0 Å². The van der Waals surface area contributed by atoms with Gasteiger partial charge in [0.2, 0.25) is 0 Å². The third kappa shape index (κ3) is 4.26. The van der Waals surface area contributed by atoms with Crippen LogP contribution in [0, 0.1) is 0 Å². The highest BCUT2D eigenvalue weighted by atomic mass is 19.4. The number of nitrogens with one attached hydrogen (secondary N) is 2. The molecule has 0 radical (unpaired) electrons. The molecule has 0 bridgehead atoms. The summed E-state index contributed by atoms with van der Waals surface area (Å²) >= 11 is 0. The van der Waals surface area contributed by atoms with Crippen molar-refractivity contribution in [3.63, 3.8) is 0 Å². The number of aromatic nitrogens is 3. The zero-order chi connectivity index (χ0) is 23.9. The van der Waals surface area contributed by atoms with Gasteiger partial charge in [-0.15, -0.1) is 5.10 Å². The van der Waals surface area contributed by atoms with E-state index in [4.69, 9.17) is 0 Å². The van der Waals surface area contributed by atoms with Gasteiger partial charge in [-0.2, -0.15) is 13.2 Å². The molecule has 1 saturated carbocycles. The molecule has 1 aliphatic carbocycles. The van der Waals surface area contributed by atoms with Crippen molar-refractivity contribution < 1.29 is 18.0 Å². The largest absolute Gasteiger partial charge is 0.416 e. The van der Waals surface area contributed by atoms with Gasteiger partial charge >= 0.3 is 17.9 Å². The van der Waals surface area contributed by atoms with Crippen LogP contribution >= 0.6 is 0 Å². The summed E-state index contributed by atoms with van der Waals surface area (Å²) in [6, 6.07) is 16.8. The zero-order valence-corrected chi connectivity index (χ0v) is 17.8. The van der Waals surface area contributed by atoms with E-state index in [1.807, 2.05) is 6.07 Å². The van der Waals surface area contributed by atoms with E-state index >= 15 is 0 Å². The lowest BCUT2D eigenvalue weighted by Crippen LogP contribution is -2.38. The van der Waals surface area contributed by atoms with E-state index in [2.05, 4.69) is 15.7 Å². The molecule has 2 N–H and O–H groups in total. The third-order valence-electron chi connectivity index (χ3n) is 5.85. The van der Waals surface area contributed by atoms with Crippen molar-refractivity contribution in [2.24, 2.45) is 0 Å². The highest BCUT2D eigenvalue weighted by Gasteiger charge is 2.46. The van der Waals surface area contributed by atoms with Crippen molar-refractivity contribution in [1.29, 1.82) is 0 Å². The minimum absolute atomic E-state index is 0.214. The molecule has 0 spiro atoms. The first kappa shape index (κ1) is 21.7. The van der Waals surface area contributed by atoms with Gasteiger partial charge in [-0.3, -0.25) is 4.40 Å². The van der Waals surface area contributed by atoms with Crippen molar-refractivity contribution >= 4 is 17.4 Å². The number of carbonyl (C=O) groups is 1. The summed E-state index contributed by atoms with van der Waals surface area (Å²) in [5.41, 5.74) is 0.376. The van der Waals surface area contributed by atoms with Gasteiger partial charge in [-0.05, 0) is 60.4 Å². The lowest BCUT2D eigenvalue weighted by atomic mass is 10.0. The minimum atomic E-state index is -4.45. The molecule has 0 aliphatic heterocycles. The summed E-state index contributed by atoms with van der Waals surface area (Å²) < 4.78 is 42.0. The molecule has 34 heavy (non-hydrogen) atoms. The second kappa shape index (κ2) is 8.05. The van der Waals surface area contributed by atoms with Crippen molar-refractivity contribution in [2.75, 3.05) is 5.32 Å². The number of hydrogen-bond donors (Lipinski definition) is 2. The maximum Gasteiger partial charge on any atom is 0.416 e. The molecule has 7 nitrogen and oxygen atoms in total. The van der Waals surface area contributed by atoms with Gasteiger partial charge in [0.15, 0.2) is 5.65 Å². The molecule has 2 heterocycles. The molecule has 174 valence electrons. The molecule has 0 saturated heterocycles. The van der Waals surface area contributed by atoms with E-state index < -0.39 is 23.3 Å². The maximum absolute atomic E-state index is 13.1. The van der Waals surface area contributed by atoms with Crippen molar-refractivity contribution in [2.45, 2.75) is 31.1 Å². The monoisotopic (exact) mass is 467 g/mol. The van der Waals surface area contributed by atoms with E-state index in [0.717, 1.165) is 17.7 Å². The molecule has 2 aromatic heterocycles. The van der Waals surface area contributed by atoms with E-state index in [1.54, 1.807) is 48.7 Å². The highest BCUT2D eigenvalue weighted by molar-refractivity contribution is 5.90. The Balaban J connectivity index is 1.29. The van der Waals surface area contributed by atoms with Crippen LogP contribution in [-0.4, -0.2) is 20.2 Å². The fraction of sp³-hybridized carbons (Fsp3) is 0.208. The van der Waals surface area contributed by atoms with Crippen molar-refractivity contribution in [3.8, 4) is 0 Å². The van der Waals surface area contributed by atoms with Gasteiger partial charge in [0.05, 0.1) is 17.6 Å². The van der Waals surface area contributed by atoms with E-state index in [9.17, 15) is 22.8 Å². The van der Waals surface area contributed by atoms with Gasteiger partial charge < -0.3 is 10.6 Å². The predicted molar refractivity (Wildman–Crippen MR) is 120 cm³/mol. The molecule has 1 aliphatic rings. The lowest BCUT2D eigenvalue weighted by molar-refractivity contribution is -0.137. The predicted octanol–water partition coefficient (Wildman–Crippen LogP) is 4.37. The van der Waals surface area contributed by atoms with Crippen LogP contribution < -0.4 is 16.3 Å². The second-order valence-electron chi connectivity index (χ2n) is 8.31. The Morgan fingerprint density at radius 2 is 1.82 bits per heavy atom. The number of halogens is 3. The van der Waals surface area contributed by atoms with Gasteiger partial charge in [0.25, 0.3) is 0 Å². The third-order valence-corrected chi connectivity index (χ3v) is 5.85. The van der Waals surface area contributed by atoms with Crippen LogP contribution in [0.3, 0.4) is 0 Å². The molecule has 2 amide bonds. The van der Waals surface area contributed by atoms with Crippen LogP contribution in [0.25, 0.3) is 5.65 Å². The van der Waals surface area contributed by atoms with Gasteiger partial charge in [-0.25, -0.2) is 14.3 Å². The SMILES string of the molecule is O=C(Nc1cccc(Cn2nc3ccccn3c2=O)c1)NC1(c2cccc(C(F)(F)F)c2)CC1. The molecule has 4 aromatic rings. The minimum Gasteiger partial charge on any atom is -0.328 e. The van der Waals surface area contributed by atoms with Crippen LogP contribution in [0.4, 0.5) is 23.7 Å². The Morgan fingerprint density at radius 1 is 1.03 bits per heavy atom. The fourth-order valence-corrected chi connectivity index (χ4v) is 3.98. The summed E-state index contributed by atoms with van der Waals surface area (Å²) in [5.74, 6) is 0. The Labute approximate surface area is 191 Å². The number of anilines is 1. The summed E-state index contributed by atoms with van der Waals surface area (Å²) in [4.78, 5) is 25.1. The van der Waals surface area contributed by atoms with E-state index in [0.29, 0.717) is 29.7 Å². The summed E-state index contributed by atoms with van der Waals surface area (Å²) in [5, 5.41) is 9.85. The second-order valence-corrected chi connectivity index (χ2v) is 8.31. The Hall–Kier alpha value is -4.08. The van der Waals surface area contributed by atoms with Gasteiger partial charge in [0, 0.05) is 11.9 Å². The number of alkyl halides is 3. The quantitative estimate of drug-likeness (QED) is 0.457. The Kier molecular flexibility index (Phi) is 5.15. The molecule has 0 unspecified atom stereocenters.